The van der Waals surface area contributed by atoms with Crippen LogP contribution in [0.5, 0.6) is 0 Å². The Hall–Kier alpha value is -0.520. The quantitative estimate of drug-likeness (QED) is 0.789. The molecule has 1 atom stereocenters. The minimum atomic E-state index is 0.847. The molecule has 0 saturated carbocycles. The first-order valence-corrected chi connectivity index (χ1v) is 6.87. The van der Waals surface area contributed by atoms with Crippen molar-refractivity contribution in [3.05, 3.63) is 11.1 Å². The van der Waals surface area contributed by atoms with E-state index < -0.39 is 0 Å². The predicted octanol–water partition coefficient (Wildman–Crippen LogP) is 1.36. The largest absolute Gasteiger partial charge is 0.310 e. The van der Waals surface area contributed by atoms with Crippen molar-refractivity contribution in [2.45, 2.75) is 26.3 Å². The molecule has 1 aliphatic rings. The molecule has 1 saturated heterocycles. The second-order valence-electron chi connectivity index (χ2n) is 4.62. The zero-order valence-electron chi connectivity index (χ0n) is 9.85. The molecule has 2 rings (SSSR count). The van der Waals surface area contributed by atoms with Gasteiger partial charge in [0.25, 0.3) is 0 Å². The van der Waals surface area contributed by atoms with Crippen LogP contribution in [-0.2, 0) is 6.54 Å². The Morgan fingerprint density at radius 2 is 2.56 bits per heavy atom. The number of nitrogens with one attached hydrogen (secondary N) is 1. The fourth-order valence-electron chi connectivity index (χ4n) is 2.20. The lowest BCUT2D eigenvalue weighted by Gasteiger charge is -2.30. The van der Waals surface area contributed by atoms with Crippen molar-refractivity contribution in [1.29, 1.82) is 0 Å². The Kier molecular flexibility index (Phi) is 4.69. The van der Waals surface area contributed by atoms with Crippen LogP contribution in [0.3, 0.4) is 0 Å². The number of hydrogen-bond acceptors (Lipinski definition) is 5. The summed E-state index contributed by atoms with van der Waals surface area (Å²) < 4.78 is 3.84. The van der Waals surface area contributed by atoms with E-state index in [0.29, 0.717) is 0 Å². The van der Waals surface area contributed by atoms with Crippen molar-refractivity contribution in [1.82, 2.24) is 19.8 Å². The minimum Gasteiger partial charge on any atom is -0.310 e. The Labute approximate surface area is 101 Å². The Bertz CT molecular complexity index is 288. The minimum absolute atomic E-state index is 0.847. The molecule has 1 unspecified atom stereocenters. The highest BCUT2D eigenvalue weighted by Gasteiger charge is 2.15. The van der Waals surface area contributed by atoms with Crippen molar-refractivity contribution in [2.24, 2.45) is 5.92 Å². The summed E-state index contributed by atoms with van der Waals surface area (Å²) in [4.78, 5) is 2.56. The third-order valence-electron chi connectivity index (χ3n) is 3.06. The summed E-state index contributed by atoms with van der Waals surface area (Å²) in [6, 6.07) is 0. The fraction of sp³-hybridized carbons (Fsp3) is 0.818. The van der Waals surface area contributed by atoms with Gasteiger partial charge in [-0.2, -0.15) is 0 Å². The Morgan fingerprint density at radius 3 is 3.31 bits per heavy atom. The molecule has 0 bridgehead atoms. The maximum Gasteiger partial charge on any atom is 0.0893 e. The lowest BCUT2D eigenvalue weighted by Crippen LogP contribution is -2.38. The molecular formula is C11H20N4S. The van der Waals surface area contributed by atoms with Crippen LogP contribution < -0.4 is 5.32 Å². The lowest BCUT2D eigenvalue weighted by atomic mass is 10.0. The Balaban J connectivity index is 1.57. The smallest absolute Gasteiger partial charge is 0.0893 e. The van der Waals surface area contributed by atoms with Gasteiger partial charge in [0.15, 0.2) is 0 Å². The van der Waals surface area contributed by atoms with Crippen molar-refractivity contribution in [3.63, 3.8) is 0 Å². The summed E-state index contributed by atoms with van der Waals surface area (Å²) in [5.41, 5.74) is 1.05. The number of piperidine rings is 1. The first-order valence-electron chi connectivity index (χ1n) is 6.03. The SMILES string of the molecule is CC1CCCN(CCNCc2csnn2)C1. The van der Waals surface area contributed by atoms with Crippen LogP contribution in [0.4, 0.5) is 0 Å². The van der Waals surface area contributed by atoms with Gasteiger partial charge in [0.2, 0.25) is 0 Å². The number of aromatic nitrogens is 2. The highest BCUT2D eigenvalue weighted by molar-refractivity contribution is 7.03. The van der Waals surface area contributed by atoms with Crippen molar-refractivity contribution >= 4 is 11.5 Å². The molecule has 1 aliphatic heterocycles. The van der Waals surface area contributed by atoms with Gasteiger partial charge in [-0.25, -0.2) is 0 Å². The molecule has 0 amide bonds. The lowest BCUT2D eigenvalue weighted by molar-refractivity contribution is 0.184. The monoisotopic (exact) mass is 240 g/mol. The summed E-state index contributed by atoms with van der Waals surface area (Å²) >= 11 is 1.41. The summed E-state index contributed by atoms with van der Waals surface area (Å²) in [6.45, 7) is 7.93. The van der Waals surface area contributed by atoms with Gasteiger partial charge in [-0.15, -0.1) is 5.10 Å². The van der Waals surface area contributed by atoms with Gasteiger partial charge in [0.05, 0.1) is 5.69 Å². The molecule has 4 nitrogen and oxygen atoms in total. The highest BCUT2D eigenvalue weighted by Crippen LogP contribution is 2.14. The average molecular weight is 240 g/mol. The second-order valence-corrected chi connectivity index (χ2v) is 5.23. The van der Waals surface area contributed by atoms with Crippen molar-refractivity contribution in [2.75, 3.05) is 26.2 Å². The molecule has 16 heavy (non-hydrogen) atoms. The van der Waals surface area contributed by atoms with Gasteiger partial charge >= 0.3 is 0 Å². The first-order chi connectivity index (χ1) is 7.84. The average Bonchev–Trinajstić information content (AvgIpc) is 2.77. The first kappa shape index (κ1) is 12.0. The van der Waals surface area contributed by atoms with E-state index in [9.17, 15) is 0 Å². The topological polar surface area (TPSA) is 41.0 Å². The predicted molar refractivity (Wildman–Crippen MR) is 66.5 cm³/mol. The van der Waals surface area contributed by atoms with E-state index in [2.05, 4.69) is 26.7 Å². The number of nitrogens with zero attached hydrogens (tertiary/aromatic N) is 3. The standard InChI is InChI=1S/C11H20N4S/c1-10-3-2-5-15(8-10)6-4-12-7-11-9-16-14-13-11/h9-10,12H,2-8H2,1H3. The van der Waals surface area contributed by atoms with E-state index in [0.717, 1.165) is 31.2 Å². The van der Waals surface area contributed by atoms with Crippen LogP contribution in [0, 0.1) is 5.92 Å². The molecule has 2 heterocycles. The van der Waals surface area contributed by atoms with Crippen molar-refractivity contribution in [3.8, 4) is 0 Å². The molecule has 1 aromatic rings. The molecule has 0 spiro atoms. The highest BCUT2D eigenvalue weighted by atomic mass is 32.1. The van der Waals surface area contributed by atoms with E-state index in [4.69, 9.17) is 0 Å². The van der Waals surface area contributed by atoms with Crippen LogP contribution in [0.25, 0.3) is 0 Å². The van der Waals surface area contributed by atoms with Crippen LogP contribution >= 0.6 is 11.5 Å². The number of hydrogen-bond donors (Lipinski definition) is 1. The molecule has 90 valence electrons. The van der Waals surface area contributed by atoms with Gasteiger partial charge in [-0.05, 0) is 36.8 Å². The maximum absolute atomic E-state index is 4.01. The molecule has 1 fully saturated rings. The zero-order valence-corrected chi connectivity index (χ0v) is 10.7. The normalized spacial score (nSPS) is 22.4. The second kappa shape index (κ2) is 6.27. The number of rotatable bonds is 5. The van der Waals surface area contributed by atoms with E-state index in [1.807, 2.05) is 5.38 Å². The fourth-order valence-corrected chi connectivity index (χ4v) is 2.66. The van der Waals surface area contributed by atoms with E-state index in [1.54, 1.807) is 0 Å². The van der Waals surface area contributed by atoms with Crippen LogP contribution in [0.1, 0.15) is 25.5 Å². The van der Waals surface area contributed by atoms with E-state index in [-0.39, 0.29) is 0 Å². The molecule has 1 aromatic heterocycles. The summed E-state index contributed by atoms with van der Waals surface area (Å²) in [5, 5.41) is 9.41. The third kappa shape index (κ3) is 3.81. The van der Waals surface area contributed by atoms with Gasteiger partial charge in [0, 0.05) is 31.6 Å². The molecule has 1 N–H and O–H groups in total. The number of likely N-dealkylation sites (tertiary alicyclic amines) is 1. The van der Waals surface area contributed by atoms with Gasteiger partial charge in [-0.3, -0.25) is 0 Å². The summed E-state index contributed by atoms with van der Waals surface area (Å²) in [5.74, 6) is 0.872. The van der Waals surface area contributed by atoms with Crippen LogP contribution in [0.2, 0.25) is 0 Å². The van der Waals surface area contributed by atoms with Gasteiger partial charge < -0.3 is 10.2 Å². The molecule has 0 aromatic carbocycles. The van der Waals surface area contributed by atoms with Gasteiger partial charge in [0.1, 0.15) is 0 Å². The van der Waals surface area contributed by atoms with E-state index >= 15 is 0 Å². The zero-order chi connectivity index (χ0) is 11.2. The Morgan fingerprint density at radius 1 is 1.62 bits per heavy atom. The van der Waals surface area contributed by atoms with Gasteiger partial charge in [-0.1, -0.05) is 11.4 Å². The van der Waals surface area contributed by atoms with Crippen molar-refractivity contribution < 1.29 is 0 Å². The summed E-state index contributed by atoms with van der Waals surface area (Å²) in [6.07, 6.45) is 2.76. The van der Waals surface area contributed by atoms with Crippen LogP contribution in [0.15, 0.2) is 5.38 Å². The maximum atomic E-state index is 4.01. The third-order valence-corrected chi connectivity index (χ3v) is 3.61. The summed E-state index contributed by atoms with van der Waals surface area (Å²) in [7, 11) is 0. The van der Waals surface area contributed by atoms with E-state index in [1.165, 1.54) is 37.5 Å². The van der Waals surface area contributed by atoms with Crippen LogP contribution in [-0.4, -0.2) is 40.7 Å². The molecule has 5 heteroatoms. The molecule has 0 radical (unpaired) electrons. The molecular weight excluding hydrogens is 220 g/mol. The molecule has 0 aliphatic carbocycles.